The molecule has 2 aromatic carbocycles. The molecule has 1 N–H and O–H groups in total. The minimum absolute atomic E-state index is 0.0321. The molecule has 2 heterocycles. The van der Waals surface area contributed by atoms with Gasteiger partial charge < -0.3 is 14.5 Å². The van der Waals surface area contributed by atoms with Gasteiger partial charge in [-0.2, -0.15) is 0 Å². The van der Waals surface area contributed by atoms with Gasteiger partial charge in [0.25, 0.3) is 0 Å². The highest BCUT2D eigenvalue weighted by molar-refractivity contribution is 7.99. The largest absolute Gasteiger partial charge is 0.495 e. The fraction of sp³-hybridized carbons (Fsp3) is 0.208. The van der Waals surface area contributed by atoms with Gasteiger partial charge in [0.2, 0.25) is 5.91 Å². The van der Waals surface area contributed by atoms with Crippen LogP contribution in [0.5, 0.6) is 5.75 Å². The summed E-state index contributed by atoms with van der Waals surface area (Å²) in [5.74, 6) is 2.12. The molecule has 0 aliphatic carbocycles. The van der Waals surface area contributed by atoms with Gasteiger partial charge in [0.05, 0.1) is 36.4 Å². The topological polar surface area (TPSA) is 82.2 Å². The summed E-state index contributed by atoms with van der Waals surface area (Å²) < 4.78 is 12.8. The van der Waals surface area contributed by atoms with Gasteiger partial charge in [-0.1, -0.05) is 54.2 Å². The third-order valence-electron chi connectivity index (χ3n) is 5.15. The number of benzene rings is 2. The van der Waals surface area contributed by atoms with Crippen LogP contribution in [0.4, 0.5) is 5.69 Å². The van der Waals surface area contributed by atoms with E-state index in [4.69, 9.17) is 9.15 Å². The van der Waals surface area contributed by atoms with Crippen molar-refractivity contribution >= 4 is 23.4 Å². The van der Waals surface area contributed by atoms with Gasteiger partial charge in [0.15, 0.2) is 11.0 Å². The number of hydrogen-bond donors (Lipinski definition) is 1. The molecule has 4 rings (SSSR count). The van der Waals surface area contributed by atoms with E-state index >= 15 is 0 Å². The van der Waals surface area contributed by atoms with Crippen LogP contribution in [0.3, 0.4) is 0 Å². The van der Waals surface area contributed by atoms with Crippen molar-refractivity contribution in [2.75, 3.05) is 18.2 Å². The van der Waals surface area contributed by atoms with E-state index in [-0.39, 0.29) is 17.7 Å². The monoisotopic (exact) mass is 448 g/mol. The number of aryl methyl sites for hydroxylation is 1. The molecule has 4 aromatic rings. The highest BCUT2D eigenvalue weighted by Gasteiger charge is 2.23. The van der Waals surface area contributed by atoms with Gasteiger partial charge in [-0.15, -0.1) is 10.2 Å². The first-order chi connectivity index (χ1) is 15.6. The second-order valence-electron chi connectivity index (χ2n) is 7.19. The number of methoxy groups -OCH3 is 1. The second kappa shape index (κ2) is 9.74. The van der Waals surface area contributed by atoms with Crippen molar-refractivity contribution in [2.24, 2.45) is 0 Å². The molecule has 1 atom stereocenters. The number of nitrogens with zero attached hydrogens (tertiary/aromatic N) is 3. The molecule has 1 amide bonds. The summed E-state index contributed by atoms with van der Waals surface area (Å²) >= 11 is 1.34. The average molecular weight is 449 g/mol. The fourth-order valence-corrected chi connectivity index (χ4v) is 4.28. The molecule has 0 saturated carbocycles. The lowest BCUT2D eigenvalue weighted by molar-refractivity contribution is -0.113. The number of anilines is 1. The third-order valence-corrected chi connectivity index (χ3v) is 6.09. The number of hydrogen-bond acceptors (Lipinski definition) is 6. The van der Waals surface area contributed by atoms with Crippen LogP contribution < -0.4 is 10.1 Å². The number of thioether (sulfide) groups is 1. The summed E-state index contributed by atoms with van der Waals surface area (Å²) in [5.41, 5.74) is 2.63. The summed E-state index contributed by atoms with van der Waals surface area (Å²) in [6, 6.07) is 19.3. The summed E-state index contributed by atoms with van der Waals surface area (Å²) in [6.45, 7) is 3.99. The number of carbonyl (C=O) groups is 1. The Morgan fingerprint density at radius 1 is 1.12 bits per heavy atom. The Balaban J connectivity index is 1.59. The first kappa shape index (κ1) is 21.7. The Bertz CT molecular complexity index is 1200. The van der Waals surface area contributed by atoms with Crippen LogP contribution in [-0.2, 0) is 4.79 Å². The van der Waals surface area contributed by atoms with Crippen molar-refractivity contribution in [3.63, 3.8) is 0 Å². The predicted octanol–water partition coefficient (Wildman–Crippen LogP) is 5.20. The van der Waals surface area contributed by atoms with Crippen molar-refractivity contribution in [1.29, 1.82) is 0 Å². The van der Waals surface area contributed by atoms with Gasteiger partial charge in [-0.05, 0) is 37.6 Å². The maximum absolute atomic E-state index is 12.6. The molecule has 0 spiro atoms. The Labute approximate surface area is 190 Å². The quantitative estimate of drug-likeness (QED) is 0.373. The van der Waals surface area contributed by atoms with E-state index in [0.29, 0.717) is 22.4 Å². The van der Waals surface area contributed by atoms with Gasteiger partial charge in [0.1, 0.15) is 11.5 Å². The lowest BCUT2D eigenvalue weighted by atomic mass is 10.1. The Morgan fingerprint density at radius 2 is 1.88 bits per heavy atom. The molecule has 2 aromatic heterocycles. The number of carbonyl (C=O) groups excluding carboxylic acids is 1. The normalized spacial score (nSPS) is 11.8. The number of para-hydroxylation sites is 2. The lowest BCUT2D eigenvalue weighted by Gasteiger charge is -2.18. The summed E-state index contributed by atoms with van der Waals surface area (Å²) in [4.78, 5) is 12.6. The van der Waals surface area contributed by atoms with Crippen LogP contribution in [0.1, 0.15) is 24.3 Å². The number of aromatic nitrogens is 3. The Kier molecular flexibility index (Phi) is 6.61. The standard InChI is InChI=1S/C24H24N4O3S/c1-16(18-9-5-4-6-10-18)28-23(19-13-14-31-17(19)2)26-27-24(28)32-15-22(29)25-20-11-7-8-12-21(20)30-3/h4-14,16H,15H2,1-3H3,(H,25,29). The van der Waals surface area contributed by atoms with Crippen LogP contribution in [0.2, 0.25) is 0 Å². The number of nitrogens with one attached hydrogen (secondary N) is 1. The molecule has 7 nitrogen and oxygen atoms in total. The SMILES string of the molecule is COc1ccccc1NC(=O)CSc1nnc(-c2ccoc2C)n1C(C)c1ccccc1. The van der Waals surface area contributed by atoms with E-state index < -0.39 is 0 Å². The maximum Gasteiger partial charge on any atom is 0.234 e. The van der Waals surface area contributed by atoms with Gasteiger partial charge in [0, 0.05) is 0 Å². The van der Waals surface area contributed by atoms with Crippen LogP contribution in [-0.4, -0.2) is 33.5 Å². The third kappa shape index (κ3) is 4.55. The number of amides is 1. The van der Waals surface area contributed by atoms with E-state index in [2.05, 4.69) is 34.6 Å². The van der Waals surface area contributed by atoms with Gasteiger partial charge in [-0.25, -0.2) is 0 Å². The zero-order valence-electron chi connectivity index (χ0n) is 18.1. The predicted molar refractivity (Wildman–Crippen MR) is 125 cm³/mol. The highest BCUT2D eigenvalue weighted by Crippen LogP contribution is 2.33. The molecule has 8 heteroatoms. The fourth-order valence-electron chi connectivity index (χ4n) is 3.47. The summed E-state index contributed by atoms with van der Waals surface area (Å²) in [6.07, 6.45) is 1.64. The Hall–Kier alpha value is -3.52. The molecular weight excluding hydrogens is 424 g/mol. The zero-order valence-corrected chi connectivity index (χ0v) is 18.9. The van der Waals surface area contributed by atoms with E-state index in [1.54, 1.807) is 25.5 Å². The lowest BCUT2D eigenvalue weighted by Crippen LogP contribution is -2.16. The van der Waals surface area contributed by atoms with E-state index in [9.17, 15) is 4.79 Å². The zero-order chi connectivity index (χ0) is 22.5. The van der Waals surface area contributed by atoms with Crippen LogP contribution >= 0.6 is 11.8 Å². The van der Waals surface area contributed by atoms with E-state index in [1.165, 1.54) is 11.8 Å². The first-order valence-corrected chi connectivity index (χ1v) is 11.2. The number of rotatable bonds is 8. The summed E-state index contributed by atoms with van der Waals surface area (Å²) in [5, 5.41) is 12.4. The second-order valence-corrected chi connectivity index (χ2v) is 8.13. The van der Waals surface area contributed by atoms with Crippen molar-refractivity contribution in [3.8, 4) is 17.1 Å². The minimum atomic E-state index is -0.151. The van der Waals surface area contributed by atoms with Crippen molar-refractivity contribution in [3.05, 3.63) is 78.3 Å². The van der Waals surface area contributed by atoms with Crippen LogP contribution in [0, 0.1) is 6.92 Å². The molecule has 0 bridgehead atoms. The number of ether oxygens (including phenoxy) is 1. The molecule has 32 heavy (non-hydrogen) atoms. The van der Waals surface area contributed by atoms with Crippen LogP contribution in [0.15, 0.2) is 76.5 Å². The maximum atomic E-state index is 12.6. The van der Waals surface area contributed by atoms with E-state index in [0.717, 1.165) is 16.9 Å². The molecule has 164 valence electrons. The molecule has 0 fully saturated rings. The van der Waals surface area contributed by atoms with Crippen molar-refractivity contribution < 1.29 is 13.9 Å². The first-order valence-electron chi connectivity index (χ1n) is 10.2. The highest BCUT2D eigenvalue weighted by atomic mass is 32.2. The Morgan fingerprint density at radius 3 is 2.59 bits per heavy atom. The van der Waals surface area contributed by atoms with Crippen molar-refractivity contribution in [2.45, 2.75) is 25.0 Å². The minimum Gasteiger partial charge on any atom is -0.495 e. The van der Waals surface area contributed by atoms with Crippen LogP contribution in [0.25, 0.3) is 11.4 Å². The molecule has 0 radical (unpaired) electrons. The van der Waals surface area contributed by atoms with Crippen molar-refractivity contribution in [1.82, 2.24) is 14.8 Å². The smallest absolute Gasteiger partial charge is 0.234 e. The van der Waals surface area contributed by atoms with E-state index in [1.807, 2.05) is 47.9 Å². The number of furan rings is 1. The molecule has 0 aliphatic rings. The molecule has 0 aliphatic heterocycles. The molecule has 0 saturated heterocycles. The van der Waals surface area contributed by atoms with Gasteiger partial charge in [-0.3, -0.25) is 9.36 Å². The average Bonchev–Trinajstić information content (AvgIpc) is 3.43. The van der Waals surface area contributed by atoms with Gasteiger partial charge >= 0.3 is 0 Å². The molecule has 1 unspecified atom stereocenters. The summed E-state index contributed by atoms with van der Waals surface area (Å²) in [7, 11) is 1.58. The molecular formula is C24H24N4O3S.